The number of urea groups is 1. The molecule has 0 unspecified atom stereocenters. The minimum atomic E-state index is -4.23. The number of nitrogens with zero attached hydrogens (tertiary/aromatic N) is 2. The molecule has 0 bridgehead atoms. The Hall–Kier alpha value is -5.03. The first-order valence-corrected chi connectivity index (χ1v) is 14.0. The molecule has 0 saturated heterocycles. The normalized spacial score (nSPS) is 10.9. The molecule has 10 nitrogen and oxygen atoms in total. The summed E-state index contributed by atoms with van der Waals surface area (Å²) in [6.07, 6.45) is 0. The number of phenols is 1. The smallest absolute Gasteiger partial charge is 0.323 e. The maximum atomic E-state index is 13.3. The molecule has 4 aromatic carbocycles. The van der Waals surface area contributed by atoms with Gasteiger partial charge in [0, 0.05) is 50.8 Å². The fourth-order valence-corrected chi connectivity index (χ4v) is 5.20. The van der Waals surface area contributed by atoms with Gasteiger partial charge in [-0.15, -0.1) is 0 Å². The predicted molar refractivity (Wildman–Crippen MR) is 162 cm³/mol. The summed E-state index contributed by atoms with van der Waals surface area (Å²) in [6.45, 7) is 0. The summed E-state index contributed by atoms with van der Waals surface area (Å²) in [5.41, 5.74) is 3.61. The summed E-state index contributed by atoms with van der Waals surface area (Å²) in [4.78, 5) is 28.0. The van der Waals surface area contributed by atoms with E-state index in [0.717, 1.165) is 5.69 Å². The molecule has 41 heavy (non-hydrogen) atoms. The lowest BCUT2D eigenvalue weighted by molar-refractivity contribution is 0.0827. The van der Waals surface area contributed by atoms with Crippen molar-refractivity contribution in [3.8, 4) is 16.9 Å². The molecule has 0 aliphatic carbocycles. The lowest BCUT2D eigenvalue weighted by Crippen LogP contribution is -2.21. The maximum absolute atomic E-state index is 13.3. The number of benzene rings is 4. The highest BCUT2D eigenvalue weighted by molar-refractivity contribution is 7.92. The van der Waals surface area contributed by atoms with Crippen LogP contribution in [0.25, 0.3) is 11.1 Å². The van der Waals surface area contributed by atoms with Crippen molar-refractivity contribution in [2.45, 2.75) is 4.90 Å². The van der Waals surface area contributed by atoms with Crippen LogP contribution in [0, 0.1) is 0 Å². The van der Waals surface area contributed by atoms with Gasteiger partial charge in [-0.2, -0.15) is 0 Å². The van der Waals surface area contributed by atoms with E-state index in [0.29, 0.717) is 28.1 Å². The summed E-state index contributed by atoms with van der Waals surface area (Å²) in [5, 5.41) is 15.9. The number of phenolic OH excluding ortho intramolecular Hbond substituents is 1. The van der Waals surface area contributed by atoms with Crippen LogP contribution in [-0.4, -0.2) is 58.6 Å². The molecule has 0 aliphatic heterocycles. The van der Waals surface area contributed by atoms with Gasteiger partial charge < -0.3 is 25.5 Å². The van der Waals surface area contributed by atoms with Gasteiger partial charge in [0.1, 0.15) is 10.6 Å². The number of carbonyl (C=O) groups excluding carboxylic acids is 2. The van der Waals surface area contributed by atoms with Crippen molar-refractivity contribution >= 4 is 44.7 Å². The average molecular weight is 574 g/mol. The molecule has 212 valence electrons. The summed E-state index contributed by atoms with van der Waals surface area (Å²) in [5.74, 6) is -0.625. The highest BCUT2D eigenvalue weighted by Crippen LogP contribution is 2.31. The van der Waals surface area contributed by atoms with E-state index < -0.39 is 21.8 Å². The van der Waals surface area contributed by atoms with E-state index in [9.17, 15) is 23.1 Å². The Labute approximate surface area is 239 Å². The highest BCUT2D eigenvalue weighted by Gasteiger charge is 2.21. The Kier molecular flexibility index (Phi) is 8.48. The van der Waals surface area contributed by atoms with Crippen LogP contribution in [0.15, 0.2) is 95.9 Å². The SMILES string of the molecule is CN(C)C(=O)c1cccc(-c2ccc(O)c(S(=O)(=O)Nc3cccc(NC(=O)Nc4cccc(N(C)C)c4)c3)c2)c1. The van der Waals surface area contributed by atoms with Gasteiger partial charge in [0.15, 0.2) is 0 Å². The van der Waals surface area contributed by atoms with Gasteiger partial charge in [0.25, 0.3) is 15.9 Å². The van der Waals surface area contributed by atoms with Crippen molar-refractivity contribution in [1.29, 1.82) is 0 Å². The van der Waals surface area contributed by atoms with E-state index in [1.54, 1.807) is 62.6 Å². The Bertz CT molecular complexity index is 1700. The molecule has 0 aliphatic rings. The van der Waals surface area contributed by atoms with Crippen LogP contribution in [0.4, 0.5) is 27.5 Å². The van der Waals surface area contributed by atoms with Crippen LogP contribution in [0.1, 0.15) is 10.4 Å². The lowest BCUT2D eigenvalue weighted by atomic mass is 10.0. The zero-order valence-electron chi connectivity index (χ0n) is 23.0. The zero-order chi connectivity index (χ0) is 29.7. The molecule has 4 aromatic rings. The number of aromatic hydroxyl groups is 1. The number of rotatable bonds is 8. The predicted octanol–water partition coefficient (Wildman–Crippen LogP) is 5.27. The Morgan fingerprint density at radius 3 is 2.00 bits per heavy atom. The van der Waals surface area contributed by atoms with Gasteiger partial charge in [0.2, 0.25) is 0 Å². The molecule has 0 radical (unpaired) electrons. The van der Waals surface area contributed by atoms with Crippen molar-refractivity contribution in [1.82, 2.24) is 4.90 Å². The fourth-order valence-electron chi connectivity index (χ4n) is 4.02. The van der Waals surface area contributed by atoms with Gasteiger partial charge in [-0.05, 0) is 71.8 Å². The second kappa shape index (κ2) is 12.0. The van der Waals surface area contributed by atoms with Crippen LogP contribution >= 0.6 is 0 Å². The molecule has 0 saturated carbocycles. The lowest BCUT2D eigenvalue weighted by Gasteiger charge is -2.15. The second-order valence-electron chi connectivity index (χ2n) is 9.67. The molecule has 0 aromatic heterocycles. The zero-order valence-corrected chi connectivity index (χ0v) is 23.9. The van der Waals surface area contributed by atoms with Gasteiger partial charge >= 0.3 is 6.03 Å². The molecular formula is C30H31N5O5S. The molecule has 0 spiro atoms. The van der Waals surface area contributed by atoms with Gasteiger partial charge in [0.05, 0.1) is 5.69 Å². The summed E-state index contributed by atoms with van der Waals surface area (Å²) in [6, 6.07) is 24.0. The van der Waals surface area contributed by atoms with Crippen LogP contribution < -0.4 is 20.3 Å². The minimum Gasteiger partial charge on any atom is -0.507 e. The van der Waals surface area contributed by atoms with Crippen molar-refractivity contribution in [2.75, 3.05) is 48.4 Å². The van der Waals surface area contributed by atoms with E-state index in [2.05, 4.69) is 15.4 Å². The number of anilines is 4. The van der Waals surface area contributed by atoms with E-state index in [1.807, 2.05) is 37.2 Å². The molecule has 0 atom stereocenters. The van der Waals surface area contributed by atoms with Crippen LogP contribution in [0.3, 0.4) is 0 Å². The topological polar surface area (TPSA) is 131 Å². The Balaban J connectivity index is 1.52. The molecule has 0 heterocycles. The molecule has 4 rings (SSSR count). The summed E-state index contributed by atoms with van der Waals surface area (Å²) in [7, 11) is 2.86. The van der Waals surface area contributed by atoms with E-state index in [1.165, 1.54) is 29.2 Å². The van der Waals surface area contributed by atoms with Crippen LogP contribution in [0.2, 0.25) is 0 Å². The Morgan fingerprint density at radius 2 is 1.32 bits per heavy atom. The van der Waals surface area contributed by atoms with Gasteiger partial charge in [-0.1, -0.05) is 30.3 Å². The molecule has 4 N–H and O–H groups in total. The number of carbonyl (C=O) groups is 2. The second-order valence-corrected chi connectivity index (χ2v) is 11.3. The molecule has 3 amide bonds. The number of nitrogens with one attached hydrogen (secondary N) is 3. The van der Waals surface area contributed by atoms with Gasteiger partial charge in [-0.3, -0.25) is 9.52 Å². The number of hydrogen-bond donors (Lipinski definition) is 4. The van der Waals surface area contributed by atoms with Crippen molar-refractivity contribution in [2.24, 2.45) is 0 Å². The first-order chi connectivity index (χ1) is 19.4. The third-order valence-electron chi connectivity index (χ3n) is 6.09. The maximum Gasteiger partial charge on any atom is 0.323 e. The third kappa shape index (κ3) is 7.14. The largest absolute Gasteiger partial charge is 0.507 e. The first kappa shape index (κ1) is 29.0. The van der Waals surface area contributed by atoms with Crippen molar-refractivity contribution in [3.63, 3.8) is 0 Å². The number of sulfonamides is 1. The van der Waals surface area contributed by atoms with Crippen LogP contribution in [-0.2, 0) is 10.0 Å². The van der Waals surface area contributed by atoms with E-state index >= 15 is 0 Å². The third-order valence-corrected chi connectivity index (χ3v) is 7.50. The van der Waals surface area contributed by atoms with Gasteiger partial charge in [-0.25, -0.2) is 13.2 Å². The summed E-state index contributed by atoms with van der Waals surface area (Å²) < 4.78 is 29.0. The molecule has 0 fully saturated rings. The average Bonchev–Trinajstić information content (AvgIpc) is 2.92. The number of amides is 3. The van der Waals surface area contributed by atoms with Crippen molar-refractivity contribution < 1.29 is 23.1 Å². The molecule has 11 heteroatoms. The standard InChI is InChI=1S/C30H31N5O5S/c1-34(2)26-13-7-11-24(19-26)32-30(38)31-23-10-6-12-25(18-23)33-41(39,40)28-17-21(14-15-27(28)36)20-8-5-9-22(16-20)29(37)35(3)4/h5-19,33,36H,1-4H3,(H2,31,32,38). The molecular weight excluding hydrogens is 542 g/mol. The van der Waals surface area contributed by atoms with E-state index in [-0.39, 0.29) is 16.5 Å². The minimum absolute atomic E-state index is 0.181. The van der Waals surface area contributed by atoms with E-state index in [4.69, 9.17) is 0 Å². The monoisotopic (exact) mass is 573 g/mol. The Morgan fingerprint density at radius 1 is 0.707 bits per heavy atom. The fraction of sp³-hybridized carbons (Fsp3) is 0.133. The van der Waals surface area contributed by atoms with Crippen LogP contribution in [0.5, 0.6) is 5.75 Å². The highest BCUT2D eigenvalue weighted by atomic mass is 32.2. The summed E-state index contributed by atoms with van der Waals surface area (Å²) >= 11 is 0. The quantitative estimate of drug-likeness (QED) is 0.227. The number of hydrogen-bond acceptors (Lipinski definition) is 6. The van der Waals surface area contributed by atoms with Crippen molar-refractivity contribution in [3.05, 3.63) is 96.6 Å². The first-order valence-electron chi connectivity index (χ1n) is 12.6.